The van der Waals surface area contributed by atoms with Gasteiger partial charge in [0.15, 0.2) is 0 Å². The van der Waals surface area contributed by atoms with E-state index in [4.69, 9.17) is 11.6 Å². The fourth-order valence-corrected chi connectivity index (χ4v) is 2.23. The molecule has 0 unspecified atom stereocenters. The standard InChI is InChI=1S/C15H12BrClN2O2/c16-11-6-2-4-8-13(11)19-15(21)14(20)18-9-10-5-1-3-7-12(10)17/h1-8H,9H2,(H,18,20)(H,19,21). The van der Waals surface area contributed by atoms with Crippen molar-refractivity contribution in [2.75, 3.05) is 5.32 Å². The molecule has 0 aliphatic rings. The first kappa shape index (κ1) is 15.5. The van der Waals surface area contributed by atoms with Gasteiger partial charge in [0.25, 0.3) is 0 Å². The highest BCUT2D eigenvalue weighted by molar-refractivity contribution is 9.10. The molecule has 2 amide bonds. The molecule has 0 heterocycles. The van der Waals surface area contributed by atoms with Gasteiger partial charge in [0.2, 0.25) is 0 Å². The van der Waals surface area contributed by atoms with Crippen molar-refractivity contribution < 1.29 is 9.59 Å². The number of halogens is 2. The van der Waals surface area contributed by atoms with Gasteiger partial charge in [-0.3, -0.25) is 9.59 Å². The number of rotatable bonds is 3. The summed E-state index contributed by atoms with van der Waals surface area (Å²) in [5.74, 6) is -1.44. The van der Waals surface area contributed by atoms with Gasteiger partial charge in [0.05, 0.1) is 5.69 Å². The minimum atomic E-state index is -0.728. The molecule has 6 heteroatoms. The Kier molecular flexibility index (Phi) is 5.36. The molecule has 21 heavy (non-hydrogen) atoms. The van der Waals surface area contributed by atoms with Gasteiger partial charge < -0.3 is 10.6 Å². The van der Waals surface area contributed by atoms with E-state index in [0.717, 1.165) is 5.56 Å². The molecule has 2 N–H and O–H groups in total. The minimum absolute atomic E-state index is 0.196. The zero-order chi connectivity index (χ0) is 15.2. The van der Waals surface area contributed by atoms with Crippen molar-refractivity contribution in [3.8, 4) is 0 Å². The lowest BCUT2D eigenvalue weighted by molar-refractivity contribution is -0.136. The average Bonchev–Trinajstić information content (AvgIpc) is 2.48. The molecule has 0 radical (unpaired) electrons. The van der Waals surface area contributed by atoms with Crippen LogP contribution in [0.4, 0.5) is 5.69 Å². The molecule has 0 fully saturated rings. The van der Waals surface area contributed by atoms with Gasteiger partial charge in [-0.1, -0.05) is 41.9 Å². The Morgan fingerprint density at radius 2 is 1.67 bits per heavy atom. The van der Waals surface area contributed by atoms with Gasteiger partial charge in [-0.2, -0.15) is 0 Å². The van der Waals surface area contributed by atoms with E-state index in [1.807, 2.05) is 12.1 Å². The largest absolute Gasteiger partial charge is 0.344 e. The summed E-state index contributed by atoms with van der Waals surface area (Å²) >= 11 is 9.28. The highest BCUT2D eigenvalue weighted by atomic mass is 79.9. The summed E-state index contributed by atoms with van der Waals surface area (Å²) in [6, 6.07) is 14.2. The topological polar surface area (TPSA) is 58.2 Å². The molecule has 2 aromatic carbocycles. The highest BCUT2D eigenvalue weighted by Crippen LogP contribution is 2.21. The molecule has 2 aromatic rings. The number of hydrogen-bond donors (Lipinski definition) is 2. The molecular formula is C15H12BrClN2O2. The number of benzene rings is 2. The molecule has 0 saturated heterocycles. The molecule has 0 spiro atoms. The summed E-state index contributed by atoms with van der Waals surface area (Å²) in [6.07, 6.45) is 0. The van der Waals surface area contributed by atoms with Crippen LogP contribution in [0, 0.1) is 0 Å². The van der Waals surface area contributed by atoms with Crippen LogP contribution in [0.15, 0.2) is 53.0 Å². The Morgan fingerprint density at radius 3 is 2.38 bits per heavy atom. The van der Waals surface area contributed by atoms with Crippen LogP contribution in [0.1, 0.15) is 5.56 Å². The van der Waals surface area contributed by atoms with E-state index in [2.05, 4.69) is 26.6 Å². The summed E-state index contributed by atoms with van der Waals surface area (Å²) < 4.78 is 0.706. The van der Waals surface area contributed by atoms with E-state index in [1.54, 1.807) is 36.4 Å². The van der Waals surface area contributed by atoms with Gasteiger partial charge in [-0.25, -0.2) is 0 Å². The van der Waals surface area contributed by atoms with Crippen LogP contribution in [0.3, 0.4) is 0 Å². The summed E-state index contributed by atoms with van der Waals surface area (Å²) in [4.78, 5) is 23.6. The van der Waals surface area contributed by atoms with Crippen molar-refractivity contribution in [2.45, 2.75) is 6.54 Å². The number of hydrogen-bond acceptors (Lipinski definition) is 2. The Balaban J connectivity index is 1.93. The normalized spacial score (nSPS) is 10.0. The maximum atomic E-state index is 11.8. The highest BCUT2D eigenvalue weighted by Gasteiger charge is 2.14. The second-order valence-electron chi connectivity index (χ2n) is 4.21. The minimum Gasteiger partial charge on any atom is -0.344 e. The van der Waals surface area contributed by atoms with Crippen LogP contribution in [0.5, 0.6) is 0 Å². The average molecular weight is 368 g/mol. The lowest BCUT2D eigenvalue weighted by Crippen LogP contribution is -2.35. The summed E-state index contributed by atoms with van der Waals surface area (Å²) in [6.45, 7) is 0.196. The maximum Gasteiger partial charge on any atom is 0.313 e. The van der Waals surface area contributed by atoms with Crippen molar-refractivity contribution >= 4 is 45.0 Å². The zero-order valence-electron chi connectivity index (χ0n) is 10.9. The second kappa shape index (κ2) is 7.24. The molecule has 0 atom stereocenters. The quantitative estimate of drug-likeness (QED) is 0.817. The number of anilines is 1. The molecule has 2 rings (SSSR count). The van der Waals surface area contributed by atoms with E-state index in [9.17, 15) is 9.59 Å². The van der Waals surface area contributed by atoms with E-state index in [0.29, 0.717) is 15.2 Å². The summed E-state index contributed by atoms with van der Waals surface area (Å²) in [7, 11) is 0. The molecule has 0 saturated carbocycles. The predicted octanol–water partition coefficient (Wildman–Crippen LogP) is 3.36. The Hall–Kier alpha value is -1.85. The molecular weight excluding hydrogens is 356 g/mol. The summed E-state index contributed by atoms with van der Waals surface area (Å²) in [5.41, 5.74) is 1.29. The summed E-state index contributed by atoms with van der Waals surface area (Å²) in [5, 5.41) is 5.60. The van der Waals surface area contributed by atoms with Gasteiger partial charge in [0.1, 0.15) is 0 Å². The fraction of sp³-hybridized carbons (Fsp3) is 0.0667. The molecule has 0 aliphatic heterocycles. The van der Waals surface area contributed by atoms with Crippen LogP contribution in [0.25, 0.3) is 0 Å². The van der Waals surface area contributed by atoms with Crippen molar-refractivity contribution in [3.05, 3.63) is 63.6 Å². The van der Waals surface area contributed by atoms with Crippen molar-refractivity contribution in [1.82, 2.24) is 5.32 Å². The molecule has 0 aliphatic carbocycles. The Morgan fingerprint density at radius 1 is 1.00 bits per heavy atom. The van der Waals surface area contributed by atoms with E-state index in [1.165, 1.54) is 0 Å². The molecule has 0 aromatic heterocycles. The Bertz CT molecular complexity index is 676. The van der Waals surface area contributed by atoms with Crippen LogP contribution in [-0.2, 0) is 16.1 Å². The number of carbonyl (C=O) groups excluding carboxylic acids is 2. The number of carbonyl (C=O) groups is 2. The van der Waals surface area contributed by atoms with Gasteiger partial charge in [-0.15, -0.1) is 0 Å². The first-order valence-corrected chi connectivity index (χ1v) is 7.32. The third kappa shape index (κ3) is 4.31. The number of para-hydroxylation sites is 1. The van der Waals surface area contributed by atoms with E-state index in [-0.39, 0.29) is 6.54 Å². The fourth-order valence-electron chi connectivity index (χ4n) is 1.64. The number of amides is 2. The lowest BCUT2D eigenvalue weighted by Gasteiger charge is -2.08. The van der Waals surface area contributed by atoms with Crippen molar-refractivity contribution in [3.63, 3.8) is 0 Å². The van der Waals surface area contributed by atoms with E-state index >= 15 is 0 Å². The van der Waals surface area contributed by atoms with Crippen LogP contribution < -0.4 is 10.6 Å². The zero-order valence-corrected chi connectivity index (χ0v) is 13.2. The first-order valence-electron chi connectivity index (χ1n) is 6.15. The first-order chi connectivity index (χ1) is 10.1. The SMILES string of the molecule is O=C(NCc1ccccc1Cl)C(=O)Nc1ccccc1Br. The van der Waals surface area contributed by atoms with E-state index < -0.39 is 11.8 Å². The van der Waals surface area contributed by atoms with Crippen LogP contribution in [0.2, 0.25) is 5.02 Å². The van der Waals surface area contributed by atoms with Crippen LogP contribution in [-0.4, -0.2) is 11.8 Å². The van der Waals surface area contributed by atoms with Gasteiger partial charge in [-0.05, 0) is 39.7 Å². The molecule has 4 nitrogen and oxygen atoms in total. The maximum absolute atomic E-state index is 11.8. The van der Waals surface area contributed by atoms with Gasteiger partial charge in [0, 0.05) is 16.0 Å². The van der Waals surface area contributed by atoms with Crippen molar-refractivity contribution in [2.24, 2.45) is 0 Å². The molecule has 0 bridgehead atoms. The monoisotopic (exact) mass is 366 g/mol. The third-order valence-electron chi connectivity index (χ3n) is 2.73. The lowest BCUT2D eigenvalue weighted by atomic mass is 10.2. The van der Waals surface area contributed by atoms with Crippen molar-refractivity contribution in [1.29, 1.82) is 0 Å². The predicted molar refractivity (Wildman–Crippen MR) is 86.1 cm³/mol. The smallest absolute Gasteiger partial charge is 0.313 e. The second-order valence-corrected chi connectivity index (χ2v) is 5.47. The third-order valence-corrected chi connectivity index (χ3v) is 3.79. The molecule has 108 valence electrons. The Labute approximate surface area is 135 Å². The number of nitrogens with one attached hydrogen (secondary N) is 2. The van der Waals surface area contributed by atoms with Gasteiger partial charge >= 0.3 is 11.8 Å². The van der Waals surface area contributed by atoms with Crippen LogP contribution >= 0.6 is 27.5 Å².